The molecule has 0 radical (unpaired) electrons. The molecule has 0 heterocycles. The van der Waals surface area contributed by atoms with E-state index in [-0.39, 0.29) is 0 Å². The van der Waals surface area contributed by atoms with E-state index in [1.165, 1.54) is 12.8 Å². The maximum Gasteiger partial charge on any atom is 0.139 e. The third kappa shape index (κ3) is 3.49. The highest BCUT2D eigenvalue weighted by Gasteiger charge is 2.21. The largest absolute Gasteiger partial charge is 0.497 e. The van der Waals surface area contributed by atoms with E-state index in [4.69, 9.17) is 9.47 Å². The molecule has 0 saturated heterocycles. The van der Waals surface area contributed by atoms with E-state index in [1.54, 1.807) is 7.11 Å². The van der Waals surface area contributed by atoms with E-state index in [1.807, 2.05) is 24.3 Å². The van der Waals surface area contributed by atoms with Crippen molar-refractivity contribution in [1.29, 1.82) is 0 Å². The van der Waals surface area contributed by atoms with Gasteiger partial charge in [0.1, 0.15) is 17.3 Å². The van der Waals surface area contributed by atoms with Crippen LogP contribution in [0.15, 0.2) is 24.3 Å². The second-order valence-corrected chi connectivity index (χ2v) is 4.73. The normalized spacial score (nSPS) is 15.6. The highest BCUT2D eigenvalue weighted by atomic mass is 16.5. The van der Waals surface area contributed by atoms with Crippen LogP contribution in [0.2, 0.25) is 0 Å². The maximum atomic E-state index is 11.9. The molecular weight excluding hydrogens is 228 g/mol. The minimum absolute atomic E-state index is 0.291. The number of carbonyl (C=O) groups excluding carboxylic acids is 1. The Hall–Kier alpha value is -1.51. The average Bonchev–Trinajstić information content (AvgIpc) is 2.93. The Morgan fingerprint density at radius 3 is 2.72 bits per heavy atom. The van der Waals surface area contributed by atoms with Crippen LogP contribution in [0.4, 0.5) is 0 Å². The van der Waals surface area contributed by atoms with Crippen LogP contribution in [0.25, 0.3) is 0 Å². The van der Waals surface area contributed by atoms with Crippen LogP contribution < -0.4 is 9.47 Å². The molecule has 0 amide bonds. The topological polar surface area (TPSA) is 35.5 Å². The minimum atomic E-state index is 0.291. The molecule has 3 heteroatoms. The Balaban J connectivity index is 1.75. The van der Waals surface area contributed by atoms with Gasteiger partial charge in [-0.25, -0.2) is 0 Å². The van der Waals surface area contributed by atoms with E-state index in [0.29, 0.717) is 24.7 Å². The third-order valence-electron chi connectivity index (χ3n) is 3.47. The maximum absolute atomic E-state index is 11.9. The first-order valence-electron chi connectivity index (χ1n) is 6.59. The van der Waals surface area contributed by atoms with Gasteiger partial charge in [-0.2, -0.15) is 0 Å². The van der Waals surface area contributed by atoms with Gasteiger partial charge in [0.05, 0.1) is 13.7 Å². The molecule has 98 valence electrons. The van der Waals surface area contributed by atoms with Crippen LogP contribution in [0.1, 0.15) is 32.1 Å². The lowest BCUT2D eigenvalue weighted by atomic mass is 10.0. The number of benzene rings is 1. The fourth-order valence-corrected chi connectivity index (χ4v) is 2.41. The molecule has 1 aromatic rings. The molecule has 1 aliphatic rings. The van der Waals surface area contributed by atoms with Crippen molar-refractivity contribution in [2.24, 2.45) is 5.92 Å². The van der Waals surface area contributed by atoms with E-state index < -0.39 is 0 Å². The molecule has 3 nitrogen and oxygen atoms in total. The smallest absolute Gasteiger partial charge is 0.139 e. The molecule has 2 rings (SSSR count). The summed E-state index contributed by atoms with van der Waals surface area (Å²) < 4.78 is 10.7. The van der Waals surface area contributed by atoms with Crippen molar-refractivity contribution in [3.05, 3.63) is 24.3 Å². The summed E-state index contributed by atoms with van der Waals surface area (Å²) in [7, 11) is 1.63. The molecule has 0 atom stereocenters. The molecule has 0 spiro atoms. The van der Waals surface area contributed by atoms with Crippen molar-refractivity contribution in [3.8, 4) is 11.5 Å². The standard InChI is InChI=1S/C15H20O3/c1-17-13-7-4-8-14(11-13)18-10-9-15(16)12-5-2-3-6-12/h4,7-8,11-12H,2-3,5-6,9-10H2,1H3. The zero-order valence-electron chi connectivity index (χ0n) is 10.9. The molecular formula is C15H20O3. The zero-order chi connectivity index (χ0) is 12.8. The lowest BCUT2D eigenvalue weighted by molar-refractivity contribution is -0.123. The van der Waals surface area contributed by atoms with Crippen molar-refractivity contribution < 1.29 is 14.3 Å². The molecule has 0 aromatic heterocycles. The molecule has 0 aliphatic heterocycles. The van der Waals surface area contributed by atoms with Crippen LogP contribution in [-0.4, -0.2) is 19.5 Å². The van der Waals surface area contributed by atoms with Crippen LogP contribution in [-0.2, 0) is 4.79 Å². The Labute approximate surface area is 108 Å². The van der Waals surface area contributed by atoms with Gasteiger partial charge in [-0.05, 0) is 25.0 Å². The van der Waals surface area contributed by atoms with Gasteiger partial charge in [0.2, 0.25) is 0 Å². The monoisotopic (exact) mass is 248 g/mol. The SMILES string of the molecule is COc1cccc(OCCC(=O)C2CCCC2)c1. The lowest BCUT2D eigenvalue weighted by Crippen LogP contribution is -2.14. The van der Waals surface area contributed by atoms with Gasteiger partial charge in [-0.3, -0.25) is 4.79 Å². The molecule has 0 bridgehead atoms. The number of ether oxygens (including phenoxy) is 2. The van der Waals surface area contributed by atoms with Gasteiger partial charge >= 0.3 is 0 Å². The predicted octanol–water partition coefficient (Wildman–Crippen LogP) is 3.22. The van der Waals surface area contributed by atoms with E-state index in [2.05, 4.69) is 0 Å². The quantitative estimate of drug-likeness (QED) is 0.775. The van der Waals surface area contributed by atoms with E-state index in [9.17, 15) is 4.79 Å². The summed E-state index contributed by atoms with van der Waals surface area (Å²) in [5.41, 5.74) is 0. The minimum Gasteiger partial charge on any atom is -0.497 e. The summed E-state index contributed by atoms with van der Waals surface area (Å²) in [6.45, 7) is 0.461. The summed E-state index contributed by atoms with van der Waals surface area (Å²) in [6, 6.07) is 7.46. The average molecular weight is 248 g/mol. The van der Waals surface area contributed by atoms with Crippen LogP contribution in [0.3, 0.4) is 0 Å². The number of ketones is 1. The highest BCUT2D eigenvalue weighted by Crippen LogP contribution is 2.26. The van der Waals surface area contributed by atoms with Gasteiger partial charge in [-0.1, -0.05) is 18.9 Å². The van der Waals surface area contributed by atoms with E-state index >= 15 is 0 Å². The number of methoxy groups -OCH3 is 1. The summed E-state index contributed by atoms with van der Waals surface area (Å²) in [6.07, 6.45) is 5.05. The number of rotatable bonds is 6. The summed E-state index contributed by atoms with van der Waals surface area (Å²) in [4.78, 5) is 11.9. The Morgan fingerprint density at radius 1 is 1.28 bits per heavy atom. The number of carbonyl (C=O) groups is 1. The van der Waals surface area contributed by atoms with Crippen molar-refractivity contribution >= 4 is 5.78 Å². The fourth-order valence-electron chi connectivity index (χ4n) is 2.41. The fraction of sp³-hybridized carbons (Fsp3) is 0.533. The summed E-state index contributed by atoms with van der Waals surface area (Å²) >= 11 is 0. The van der Waals surface area contributed by atoms with Gasteiger partial charge in [-0.15, -0.1) is 0 Å². The highest BCUT2D eigenvalue weighted by molar-refractivity contribution is 5.81. The molecule has 1 aliphatic carbocycles. The van der Waals surface area contributed by atoms with Gasteiger partial charge in [0.15, 0.2) is 0 Å². The number of hydrogen-bond acceptors (Lipinski definition) is 3. The molecule has 1 fully saturated rings. The number of hydrogen-bond donors (Lipinski definition) is 0. The van der Waals surface area contributed by atoms with Crippen molar-refractivity contribution in [3.63, 3.8) is 0 Å². The van der Waals surface area contributed by atoms with Crippen LogP contribution in [0.5, 0.6) is 11.5 Å². The van der Waals surface area contributed by atoms with E-state index in [0.717, 1.165) is 24.3 Å². The second-order valence-electron chi connectivity index (χ2n) is 4.73. The Morgan fingerprint density at radius 2 is 2.00 bits per heavy atom. The summed E-state index contributed by atoms with van der Waals surface area (Å²) in [5, 5.41) is 0. The second kappa shape index (κ2) is 6.43. The predicted molar refractivity (Wildman–Crippen MR) is 70.1 cm³/mol. The first kappa shape index (κ1) is 12.9. The van der Waals surface area contributed by atoms with Gasteiger partial charge in [0.25, 0.3) is 0 Å². The van der Waals surface area contributed by atoms with Crippen molar-refractivity contribution in [2.45, 2.75) is 32.1 Å². The first-order chi connectivity index (χ1) is 8.79. The van der Waals surface area contributed by atoms with Gasteiger partial charge in [0, 0.05) is 18.4 Å². The van der Waals surface area contributed by atoms with Crippen molar-refractivity contribution in [1.82, 2.24) is 0 Å². The van der Waals surface area contributed by atoms with Gasteiger partial charge < -0.3 is 9.47 Å². The third-order valence-corrected chi connectivity index (χ3v) is 3.47. The van der Waals surface area contributed by atoms with Crippen LogP contribution >= 0.6 is 0 Å². The number of Topliss-reactive ketones (excluding diaryl/α,β-unsaturated/α-hetero) is 1. The molecule has 0 N–H and O–H groups in total. The molecule has 1 saturated carbocycles. The Bertz CT molecular complexity index is 394. The zero-order valence-corrected chi connectivity index (χ0v) is 10.9. The Kier molecular flexibility index (Phi) is 4.62. The summed E-state index contributed by atoms with van der Waals surface area (Å²) in [5.74, 6) is 2.18. The van der Waals surface area contributed by atoms with Crippen LogP contribution in [0, 0.1) is 5.92 Å². The molecule has 18 heavy (non-hydrogen) atoms. The first-order valence-corrected chi connectivity index (χ1v) is 6.59. The van der Waals surface area contributed by atoms with Crippen molar-refractivity contribution in [2.75, 3.05) is 13.7 Å². The lowest BCUT2D eigenvalue weighted by Gasteiger charge is -2.09. The molecule has 1 aromatic carbocycles. The molecule has 0 unspecified atom stereocenters.